The van der Waals surface area contributed by atoms with Crippen LogP contribution in [0, 0.1) is 5.82 Å². The highest BCUT2D eigenvalue weighted by Gasteiger charge is 2.14. The number of carbonyl (C=O) groups is 2. The van der Waals surface area contributed by atoms with Gasteiger partial charge in [-0.3, -0.25) is 9.59 Å². The third kappa shape index (κ3) is 4.95. The summed E-state index contributed by atoms with van der Waals surface area (Å²) in [5.41, 5.74) is 0.333. The van der Waals surface area contributed by atoms with Crippen LogP contribution in [0.2, 0.25) is 5.02 Å². The lowest BCUT2D eigenvalue weighted by molar-refractivity contribution is -0.132. The molecule has 2 rings (SSSR count). The van der Waals surface area contributed by atoms with Crippen LogP contribution in [-0.2, 0) is 4.79 Å². The zero-order chi connectivity index (χ0) is 19.1. The number of likely N-dealkylation sites (N-methyl/N-ethyl adjacent to an activating group) is 1. The van der Waals surface area contributed by atoms with Crippen molar-refractivity contribution in [3.63, 3.8) is 0 Å². The van der Waals surface area contributed by atoms with Crippen molar-refractivity contribution in [2.45, 2.75) is 13.8 Å². The molecule has 0 unspecified atom stereocenters. The Morgan fingerprint density at radius 1 is 1.15 bits per heavy atom. The van der Waals surface area contributed by atoms with Crippen LogP contribution < -0.4 is 10.1 Å². The maximum atomic E-state index is 13.6. The first kappa shape index (κ1) is 19.7. The maximum absolute atomic E-state index is 13.6. The number of hydrogen-bond donors (Lipinski definition) is 1. The van der Waals surface area contributed by atoms with E-state index in [0.717, 1.165) is 0 Å². The Hall–Kier alpha value is -2.60. The lowest BCUT2D eigenvalue weighted by atomic mass is 10.2. The number of rotatable bonds is 7. The molecular formula is C19H20ClFN2O3. The second-order valence-corrected chi connectivity index (χ2v) is 5.84. The quantitative estimate of drug-likeness (QED) is 0.792. The van der Waals surface area contributed by atoms with Gasteiger partial charge in [-0.15, -0.1) is 0 Å². The Morgan fingerprint density at radius 3 is 2.46 bits per heavy atom. The van der Waals surface area contributed by atoms with Gasteiger partial charge in [0.2, 0.25) is 0 Å². The van der Waals surface area contributed by atoms with Crippen LogP contribution >= 0.6 is 11.6 Å². The molecule has 0 saturated carbocycles. The minimum absolute atomic E-state index is 0.0613. The highest BCUT2D eigenvalue weighted by molar-refractivity contribution is 6.32. The van der Waals surface area contributed by atoms with Gasteiger partial charge >= 0.3 is 0 Å². The SMILES string of the molecule is CCN(CC)C(=O)COc1ccc(NC(=O)c2ccccc2F)cc1Cl. The summed E-state index contributed by atoms with van der Waals surface area (Å²) < 4.78 is 19.1. The molecule has 138 valence electrons. The molecule has 0 bridgehead atoms. The van der Waals surface area contributed by atoms with E-state index in [4.69, 9.17) is 16.3 Å². The van der Waals surface area contributed by atoms with Crippen molar-refractivity contribution in [2.75, 3.05) is 25.0 Å². The van der Waals surface area contributed by atoms with Gasteiger partial charge in [0.05, 0.1) is 10.6 Å². The van der Waals surface area contributed by atoms with Crippen molar-refractivity contribution < 1.29 is 18.7 Å². The number of anilines is 1. The average molecular weight is 379 g/mol. The van der Waals surface area contributed by atoms with E-state index in [1.54, 1.807) is 23.1 Å². The van der Waals surface area contributed by atoms with Crippen molar-refractivity contribution in [3.05, 3.63) is 58.9 Å². The van der Waals surface area contributed by atoms with E-state index in [1.807, 2.05) is 13.8 Å². The molecule has 0 heterocycles. The monoisotopic (exact) mass is 378 g/mol. The number of amides is 2. The summed E-state index contributed by atoms with van der Waals surface area (Å²) in [6, 6.07) is 10.3. The number of benzene rings is 2. The number of carbonyl (C=O) groups excluding carboxylic acids is 2. The number of nitrogens with one attached hydrogen (secondary N) is 1. The van der Waals surface area contributed by atoms with Crippen LogP contribution in [0.3, 0.4) is 0 Å². The Kier molecular flexibility index (Phi) is 6.97. The van der Waals surface area contributed by atoms with Crippen molar-refractivity contribution in [1.29, 1.82) is 0 Å². The first-order valence-electron chi connectivity index (χ1n) is 8.22. The second-order valence-electron chi connectivity index (χ2n) is 5.43. The largest absolute Gasteiger partial charge is 0.482 e. The molecule has 0 aliphatic carbocycles. The third-order valence-corrected chi connectivity index (χ3v) is 4.07. The smallest absolute Gasteiger partial charge is 0.260 e. The number of nitrogens with zero attached hydrogens (tertiary/aromatic N) is 1. The van der Waals surface area contributed by atoms with E-state index in [9.17, 15) is 14.0 Å². The van der Waals surface area contributed by atoms with E-state index >= 15 is 0 Å². The lowest BCUT2D eigenvalue weighted by Gasteiger charge is -2.19. The predicted octanol–water partition coefficient (Wildman–Crippen LogP) is 3.98. The molecule has 2 amide bonds. The second kappa shape index (κ2) is 9.20. The van der Waals surface area contributed by atoms with Crippen LogP contribution in [0.15, 0.2) is 42.5 Å². The van der Waals surface area contributed by atoms with Crippen molar-refractivity contribution in [2.24, 2.45) is 0 Å². The molecule has 0 radical (unpaired) electrons. The fourth-order valence-corrected chi connectivity index (χ4v) is 2.58. The zero-order valence-corrected chi connectivity index (χ0v) is 15.3. The van der Waals surface area contributed by atoms with Gasteiger partial charge in [-0.1, -0.05) is 23.7 Å². The normalized spacial score (nSPS) is 10.3. The highest BCUT2D eigenvalue weighted by atomic mass is 35.5. The molecule has 1 N–H and O–H groups in total. The third-order valence-electron chi connectivity index (χ3n) is 3.78. The van der Waals surface area contributed by atoms with Gasteiger partial charge in [0.25, 0.3) is 11.8 Å². The first-order chi connectivity index (χ1) is 12.5. The molecule has 0 atom stereocenters. The van der Waals surface area contributed by atoms with Gasteiger partial charge < -0.3 is 15.0 Å². The summed E-state index contributed by atoms with van der Waals surface area (Å²) in [5.74, 6) is -0.991. The Labute approximate surface area is 156 Å². The van der Waals surface area contributed by atoms with Gasteiger partial charge in [-0.2, -0.15) is 0 Å². The van der Waals surface area contributed by atoms with Gasteiger partial charge in [0.1, 0.15) is 11.6 Å². The molecule has 26 heavy (non-hydrogen) atoms. The van der Waals surface area contributed by atoms with E-state index in [1.165, 1.54) is 24.3 Å². The molecular weight excluding hydrogens is 359 g/mol. The van der Waals surface area contributed by atoms with E-state index in [0.29, 0.717) is 24.5 Å². The Bertz CT molecular complexity index is 794. The molecule has 5 nitrogen and oxygen atoms in total. The summed E-state index contributed by atoms with van der Waals surface area (Å²) >= 11 is 6.15. The minimum Gasteiger partial charge on any atom is -0.482 e. The molecule has 0 fully saturated rings. The highest BCUT2D eigenvalue weighted by Crippen LogP contribution is 2.28. The van der Waals surface area contributed by atoms with Gasteiger partial charge in [-0.05, 0) is 44.2 Å². The Morgan fingerprint density at radius 2 is 1.85 bits per heavy atom. The standard InChI is InChI=1S/C19H20ClFN2O3/c1-3-23(4-2)18(24)12-26-17-10-9-13(11-15(17)20)22-19(25)14-7-5-6-8-16(14)21/h5-11H,3-4,12H2,1-2H3,(H,22,25). The molecule has 0 aromatic heterocycles. The number of hydrogen-bond acceptors (Lipinski definition) is 3. The summed E-state index contributed by atoms with van der Waals surface area (Å²) in [4.78, 5) is 25.7. The molecule has 0 aliphatic heterocycles. The molecule has 0 aliphatic rings. The van der Waals surface area contributed by atoms with Gasteiger partial charge in [-0.25, -0.2) is 4.39 Å². The zero-order valence-electron chi connectivity index (χ0n) is 14.6. The van der Waals surface area contributed by atoms with Crippen LogP contribution in [0.1, 0.15) is 24.2 Å². The van der Waals surface area contributed by atoms with E-state index in [-0.39, 0.29) is 23.1 Å². The topological polar surface area (TPSA) is 58.6 Å². The molecule has 0 spiro atoms. The predicted molar refractivity (Wildman–Crippen MR) is 99.2 cm³/mol. The summed E-state index contributed by atoms with van der Waals surface area (Å²) in [6.07, 6.45) is 0. The summed E-state index contributed by atoms with van der Waals surface area (Å²) in [6.45, 7) is 4.87. The lowest BCUT2D eigenvalue weighted by Crippen LogP contribution is -2.34. The van der Waals surface area contributed by atoms with Crippen LogP contribution in [0.5, 0.6) is 5.75 Å². The molecule has 0 saturated heterocycles. The van der Waals surface area contributed by atoms with Crippen LogP contribution in [0.25, 0.3) is 0 Å². The first-order valence-corrected chi connectivity index (χ1v) is 8.60. The molecule has 7 heteroatoms. The van der Waals surface area contributed by atoms with Gasteiger partial charge in [0.15, 0.2) is 6.61 Å². The average Bonchev–Trinajstić information content (AvgIpc) is 2.62. The fraction of sp³-hybridized carbons (Fsp3) is 0.263. The van der Waals surface area contributed by atoms with Crippen molar-refractivity contribution in [3.8, 4) is 5.75 Å². The summed E-state index contributed by atoms with van der Waals surface area (Å²) in [5, 5.41) is 2.81. The number of halogens is 2. The van der Waals surface area contributed by atoms with E-state index < -0.39 is 11.7 Å². The van der Waals surface area contributed by atoms with Crippen LogP contribution in [0.4, 0.5) is 10.1 Å². The Balaban J connectivity index is 2.02. The molecule has 2 aromatic rings. The van der Waals surface area contributed by atoms with Crippen LogP contribution in [-0.4, -0.2) is 36.4 Å². The number of ether oxygens (including phenoxy) is 1. The van der Waals surface area contributed by atoms with Gasteiger partial charge in [0, 0.05) is 18.8 Å². The molecule has 2 aromatic carbocycles. The van der Waals surface area contributed by atoms with Crippen molar-refractivity contribution >= 4 is 29.1 Å². The fourth-order valence-electron chi connectivity index (χ4n) is 2.35. The van der Waals surface area contributed by atoms with E-state index in [2.05, 4.69) is 5.32 Å². The maximum Gasteiger partial charge on any atom is 0.260 e. The minimum atomic E-state index is -0.606. The summed E-state index contributed by atoms with van der Waals surface area (Å²) in [7, 11) is 0. The van der Waals surface area contributed by atoms with Crippen molar-refractivity contribution in [1.82, 2.24) is 4.90 Å².